The third kappa shape index (κ3) is 58.1. The Hall–Kier alpha value is -2.63. The standard InChI is InChI=1S/C65H118O6/c1-4-7-10-13-16-19-22-24-26-28-30-31-32-33-35-36-38-40-43-46-49-52-55-58-64(67)70-61-62(60-69-63(66)57-54-51-48-45-42-21-18-15-12-9-6-3)71-65(68)59-56-53-50-47-44-41-39-37-34-29-27-25-23-20-17-14-11-8-5-2/h17,20,25,27-28,30,34,37,62H,4-16,18-19,21-24,26,29,31-33,35-36,38-61H2,1-3H3/b20-17-,27-25-,30-28-,37-34-. The van der Waals surface area contributed by atoms with Crippen molar-refractivity contribution in [1.82, 2.24) is 0 Å². The van der Waals surface area contributed by atoms with Gasteiger partial charge in [-0.05, 0) is 83.5 Å². The lowest BCUT2D eigenvalue weighted by atomic mass is 10.0. The zero-order chi connectivity index (χ0) is 51.4. The molecule has 0 aromatic rings. The van der Waals surface area contributed by atoms with E-state index in [4.69, 9.17) is 14.2 Å². The van der Waals surface area contributed by atoms with Gasteiger partial charge in [0.25, 0.3) is 0 Å². The predicted molar refractivity (Wildman–Crippen MR) is 307 cm³/mol. The fourth-order valence-electron chi connectivity index (χ4n) is 9.09. The first-order valence-corrected chi connectivity index (χ1v) is 31.1. The molecule has 0 amide bonds. The predicted octanol–water partition coefficient (Wildman–Crippen LogP) is 21.0. The highest BCUT2D eigenvalue weighted by Crippen LogP contribution is 2.16. The molecular formula is C65H118O6. The molecule has 414 valence electrons. The van der Waals surface area contributed by atoms with Crippen LogP contribution in [0.1, 0.15) is 329 Å². The summed E-state index contributed by atoms with van der Waals surface area (Å²) in [5, 5.41) is 0. The molecule has 0 N–H and O–H groups in total. The number of allylic oxidation sites excluding steroid dienone is 8. The van der Waals surface area contributed by atoms with Crippen molar-refractivity contribution in [2.45, 2.75) is 335 Å². The van der Waals surface area contributed by atoms with Gasteiger partial charge in [-0.25, -0.2) is 0 Å². The van der Waals surface area contributed by atoms with Crippen molar-refractivity contribution in [2.75, 3.05) is 13.2 Å². The molecule has 0 bridgehead atoms. The fourth-order valence-corrected chi connectivity index (χ4v) is 9.09. The summed E-state index contributed by atoms with van der Waals surface area (Å²) in [6.45, 7) is 6.64. The Bertz CT molecular complexity index is 1230. The summed E-state index contributed by atoms with van der Waals surface area (Å²) >= 11 is 0. The molecule has 0 aromatic heterocycles. The molecule has 0 heterocycles. The minimum Gasteiger partial charge on any atom is -0.462 e. The maximum Gasteiger partial charge on any atom is 0.306 e. The van der Waals surface area contributed by atoms with E-state index in [1.165, 1.54) is 212 Å². The Balaban J connectivity index is 4.28. The number of rotatable bonds is 57. The first-order chi connectivity index (χ1) is 35.0. The van der Waals surface area contributed by atoms with Crippen LogP contribution in [0, 0.1) is 0 Å². The first-order valence-electron chi connectivity index (χ1n) is 31.1. The Morgan fingerprint density at radius 2 is 0.507 bits per heavy atom. The Labute approximate surface area is 441 Å². The van der Waals surface area contributed by atoms with Crippen molar-refractivity contribution in [1.29, 1.82) is 0 Å². The van der Waals surface area contributed by atoms with Gasteiger partial charge in [-0.3, -0.25) is 14.4 Å². The largest absolute Gasteiger partial charge is 0.462 e. The molecule has 0 aromatic carbocycles. The number of esters is 3. The van der Waals surface area contributed by atoms with Gasteiger partial charge < -0.3 is 14.2 Å². The number of unbranched alkanes of at least 4 members (excludes halogenated alkanes) is 38. The lowest BCUT2D eigenvalue weighted by molar-refractivity contribution is -0.167. The SMILES string of the molecule is CCCCC/C=C\C/C=C\C/C=C\CCCCCCCCC(=O)OC(COC(=O)CCCCCCCCCCCCC)COC(=O)CCCCCCCCCCCCC/C=C\CCCCCCCCCC. The number of hydrogen-bond donors (Lipinski definition) is 0. The van der Waals surface area contributed by atoms with Gasteiger partial charge in [0.1, 0.15) is 13.2 Å². The summed E-state index contributed by atoms with van der Waals surface area (Å²) in [4.78, 5) is 38.2. The Morgan fingerprint density at radius 3 is 0.831 bits per heavy atom. The summed E-state index contributed by atoms with van der Waals surface area (Å²) in [7, 11) is 0. The van der Waals surface area contributed by atoms with Gasteiger partial charge in [0.15, 0.2) is 6.10 Å². The van der Waals surface area contributed by atoms with Crippen molar-refractivity contribution in [3.05, 3.63) is 48.6 Å². The summed E-state index contributed by atoms with van der Waals surface area (Å²) < 4.78 is 16.9. The van der Waals surface area contributed by atoms with E-state index in [0.717, 1.165) is 77.0 Å². The topological polar surface area (TPSA) is 78.9 Å². The molecule has 1 unspecified atom stereocenters. The molecule has 0 aliphatic carbocycles. The zero-order valence-corrected chi connectivity index (χ0v) is 47.5. The van der Waals surface area contributed by atoms with Crippen LogP contribution in [0.3, 0.4) is 0 Å². The van der Waals surface area contributed by atoms with E-state index < -0.39 is 6.10 Å². The lowest BCUT2D eigenvalue weighted by Gasteiger charge is -2.18. The van der Waals surface area contributed by atoms with Crippen LogP contribution < -0.4 is 0 Å². The highest BCUT2D eigenvalue weighted by Gasteiger charge is 2.19. The van der Waals surface area contributed by atoms with E-state index in [9.17, 15) is 14.4 Å². The summed E-state index contributed by atoms with van der Waals surface area (Å²) in [6, 6.07) is 0. The van der Waals surface area contributed by atoms with Crippen LogP contribution in [-0.4, -0.2) is 37.2 Å². The average molecular weight is 996 g/mol. The maximum atomic E-state index is 12.9. The van der Waals surface area contributed by atoms with Crippen LogP contribution in [0.2, 0.25) is 0 Å². The number of hydrogen-bond acceptors (Lipinski definition) is 6. The third-order valence-electron chi connectivity index (χ3n) is 13.8. The van der Waals surface area contributed by atoms with Gasteiger partial charge in [0, 0.05) is 19.3 Å². The minimum absolute atomic E-state index is 0.0755. The van der Waals surface area contributed by atoms with Crippen LogP contribution in [0.4, 0.5) is 0 Å². The van der Waals surface area contributed by atoms with E-state index in [-0.39, 0.29) is 31.1 Å². The number of carbonyl (C=O) groups is 3. The van der Waals surface area contributed by atoms with Crippen molar-refractivity contribution < 1.29 is 28.6 Å². The highest BCUT2D eigenvalue weighted by molar-refractivity contribution is 5.71. The molecule has 0 aliphatic heterocycles. The van der Waals surface area contributed by atoms with E-state index in [2.05, 4.69) is 69.4 Å². The van der Waals surface area contributed by atoms with Crippen LogP contribution in [-0.2, 0) is 28.6 Å². The van der Waals surface area contributed by atoms with Crippen LogP contribution in [0.25, 0.3) is 0 Å². The number of ether oxygens (including phenoxy) is 3. The van der Waals surface area contributed by atoms with Crippen molar-refractivity contribution in [2.24, 2.45) is 0 Å². The van der Waals surface area contributed by atoms with E-state index >= 15 is 0 Å². The molecule has 6 heteroatoms. The molecular weight excluding hydrogens is 877 g/mol. The zero-order valence-electron chi connectivity index (χ0n) is 47.5. The molecule has 71 heavy (non-hydrogen) atoms. The molecule has 6 nitrogen and oxygen atoms in total. The van der Waals surface area contributed by atoms with Gasteiger partial charge in [0.05, 0.1) is 0 Å². The Kier molecular flexibility index (Phi) is 57.7. The monoisotopic (exact) mass is 995 g/mol. The van der Waals surface area contributed by atoms with Gasteiger partial charge >= 0.3 is 17.9 Å². The Morgan fingerprint density at radius 1 is 0.282 bits per heavy atom. The van der Waals surface area contributed by atoms with E-state index in [0.29, 0.717) is 19.3 Å². The van der Waals surface area contributed by atoms with Gasteiger partial charge in [-0.1, -0.05) is 275 Å². The van der Waals surface area contributed by atoms with Crippen molar-refractivity contribution >= 4 is 17.9 Å². The van der Waals surface area contributed by atoms with Crippen LogP contribution in [0.5, 0.6) is 0 Å². The van der Waals surface area contributed by atoms with Crippen molar-refractivity contribution in [3.8, 4) is 0 Å². The molecule has 0 spiro atoms. The number of carbonyl (C=O) groups excluding carboxylic acids is 3. The second-order valence-electron chi connectivity index (χ2n) is 21.0. The fraction of sp³-hybridized carbons (Fsp3) is 0.831. The maximum absolute atomic E-state index is 12.9. The lowest BCUT2D eigenvalue weighted by Crippen LogP contribution is -2.30. The van der Waals surface area contributed by atoms with E-state index in [1.54, 1.807) is 0 Å². The van der Waals surface area contributed by atoms with Crippen molar-refractivity contribution in [3.63, 3.8) is 0 Å². The summed E-state index contributed by atoms with van der Waals surface area (Å²) in [6.07, 6.45) is 74.0. The molecule has 1 atom stereocenters. The molecule has 0 radical (unpaired) electrons. The average Bonchev–Trinajstić information content (AvgIpc) is 3.37. The summed E-state index contributed by atoms with van der Waals surface area (Å²) in [5.41, 5.74) is 0. The second-order valence-corrected chi connectivity index (χ2v) is 21.0. The summed E-state index contributed by atoms with van der Waals surface area (Å²) in [5.74, 6) is -0.872. The van der Waals surface area contributed by atoms with E-state index in [1.807, 2.05) is 0 Å². The van der Waals surface area contributed by atoms with Crippen LogP contribution in [0.15, 0.2) is 48.6 Å². The molecule has 0 saturated carbocycles. The first kappa shape index (κ1) is 68.4. The second kappa shape index (κ2) is 59.9. The molecule has 0 aliphatic rings. The quantitative estimate of drug-likeness (QED) is 0.0261. The normalized spacial score (nSPS) is 12.3. The molecule has 0 fully saturated rings. The van der Waals surface area contributed by atoms with Gasteiger partial charge in [-0.2, -0.15) is 0 Å². The minimum atomic E-state index is -0.778. The third-order valence-corrected chi connectivity index (χ3v) is 13.8. The van der Waals surface area contributed by atoms with Crippen LogP contribution >= 0.6 is 0 Å². The molecule has 0 saturated heterocycles. The highest BCUT2D eigenvalue weighted by atomic mass is 16.6. The van der Waals surface area contributed by atoms with Gasteiger partial charge in [0.2, 0.25) is 0 Å². The smallest absolute Gasteiger partial charge is 0.306 e. The molecule has 0 rings (SSSR count). The van der Waals surface area contributed by atoms with Gasteiger partial charge in [-0.15, -0.1) is 0 Å².